The number of H-pyrrole nitrogens is 1. The zero-order chi connectivity index (χ0) is 26.2. The third-order valence-corrected chi connectivity index (χ3v) is 7.01. The van der Waals surface area contributed by atoms with Gasteiger partial charge in [0.25, 0.3) is 11.5 Å². The number of aromatic nitrogens is 5. The van der Waals surface area contributed by atoms with Gasteiger partial charge in [-0.05, 0) is 71.6 Å². The number of nitrogens with one attached hydrogen (secondary N) is 1. The third-order valence-electron chi connectivity index (χ3n) is 7.01. The largest absolute Gasteiger partial charge is 0.467 e. The Kier molecular flexibility index (Phi) is 6.12. The summed E-state index contributed by atoms with van der Waals surface area (Å²) in [6.45, 7) is 6.34. The van der Waals surface area contributed by atoms with Gasteiger partial charge >= 0.3 is 0 Å². The summed E-state index contributed by atoms with van der Waals surface area (Å²) < 4.78 is 12.5. The van der Waals surface area contributed by atoms with Crippen molar-refractivity contribution in [1.29, 1.82) is 0 Å². The van der Waals surface area contributed by atoms with Crippen LogP contribution in [-0.4, -0.2) is 67.1 Å². The lowest BCUT2D eigenvalue weighted by Crippen LogP contribution is -2.50. The van der Waals surface area contributed by atoms with Crippen LogP contribution in [0.2, 0.25) is 0 Å². The number of furan rings is 2. The van der Waals surface area contributed by atoms with Gasteiger partial charge in [-0.25, -0.2) is 4.68 Å². The summed E-state index contributed by atoms with van der Waals surface area (Å²) in [4.78, 5) is 33.4. The van der Waals surface area contributed by atoms with Crippen molar-refractivity contribution >= 4 is 16.8 Å². The van der Waals surface area contributed by atoms with E-state index in [1.54, 1.807) is 28.0 Å². The molecule has 1 aliphatic rings. The molecule has 0 saturated carbocycles. The van der Waals surface area contributed by atoms with Crippen LogP contribution in [-0.2, 0) is 6.54 Å². The molecule has 4 aromatic heterocycles. The molecule has 194 valence electrons. The maximum Gasteiger partial charge on any atom is 0.289 e. The highest BCUT2D eigenvalue weighted by Gasteiger charge is 2.34. The standard InChI is InChI=1S/C27H27N7O4/c1-17-13-18(2)23-19(14-17)15-21(26(35)28-23)24(25-29-30-31-34(25)16-20-5-3-11-37-20)32-7-9-33(10-8-32)27(36)22-6-4-12-38-22/h3-6,11-15,24H,7-10,16H2,1-2H3,(H,28,35)/t24-/m1/s1. The first-order valence-electron chi connectivity index (χ1n) is 12.5. The maximum absolute atomic E-state index is 13.6. The number of hydrogen-bond acceptors (Lipinski definition) is 8. The van der Waals surface area contributed by atoms with E-state index in [0.29, 0.717) is 55.6 Å². The number of carbonyl (C=O) groups excluding carboxylic acids is 1. The van der Waals surface area contributed by atoms with E-state index >= 15 is 0 Å². The van der Waals surface area contributed by atoms with Crippen LogP contribution in [0.4, 0.5) is 0 Å². The molecule has 1 N–H and O–H groups in total. The van der Waals surface area contributed by atoms with Gasteiger partial charge in [-0.3, -0.25) is 14.5 Å². The Hall–Kier alpha value is -4.51. The van der Waals surface area contributed by atoms with Gasteiger partial charge in [-0.15, -0.1) is 5.10 Å². The summed E-state index contributed by atoms with van der Waals surface area (Å²) in [6, 6.07) is 12.5. The van der Waals surface area contributed by atoms with Crippen molar-refractivity contribution in [2.24, 2.45) is 0 Å². The lowest BCUT2D eigenvalue weighted by molar-refractivity contribution is 0.0558. The number of fused-ring (bicyclic) bond motifs is 1. The van der Waals surface area contributed by atoms with E-state index in [4.69, 9.17) is 8.83 Å². The van der Waals surface area contributed by atoms with E-state index in [-0.39, 0.29) is 11.5 Å². The number of carbonyl (C=O) groups is 1. The maximum atomic E-state index is 13.6. The normalized spacial score (nSPS) is 15.3. The van der Waals surface area contributed by atoms with Crippen LogP contribution in [0.3, 0.4) is 0 Å². The Balaban J connectivity index is 1.39. The van der Waals surface area contributed by atoms with Gasteiger partial charge in [0.15, 0.2) is 11.6 Å². The summed E-state index contributed by atoms with van der Waals surface area (Å²) in [7, 11) is 0. The average Bonchev–Trinajstić information content (AvgIpc) is 3.70. The number of pyridine rings is 1. The number of rotatable bonds is 6. The predicted molar refractivity (Wildman–Crippen MR) is 138 cm³/mol. The predicted octanol–water partition coefficient (Wildman–Crippen LogP) is 2.91. The first-order valence-corrected chi connectivity index (χ1v) is 12.5. The van der Waals surface area contributed by atoms with Crippen molar-refractivity contribution in [3.05, 3.63) is 99.4 Å². The van der Waals surface area contributed by atoms with Crippen molar-refractivity contribution < 1.29 is 13.6 Å². The van der Waals surface area contributed by atoms with Gasteiger partial charge in [0.2, 0.25) is 0 Å². The van der Waals surface area contributed by atoms with Crippen LogP contribution in [0, 0.1) is 13.8 Å². The van der Waals surface area contributed by atoms with Gasteiger partial charge in [0.1, 0.15) is 18.3 Å². The van der Waals surface area contributed by atoms with E-state index in [0.717, 1.165) is 22.0 Å². The minimum absolute atomic E-state index is 0.150. The van der Waals surface area contributed by atoms with Crippen LogP contribution in [0.15, 0.2) is 68.6 Å². The van der Waals surface area contributed by atoms with E-state index in [2.05, 4.69) is 37.5 Å². The number of hydrogen-bond donors (Lipinski definition) is 1. The second-order valence-corrected chi connectivity index (χ2v) is 9.58. The summed E-state index contributed by atoms with van der Waals surface area (Å²) in [5.74, 6) is 1.39. The highest BCUT2D eigenvalue weighted by Crippen LogP contribution is 2.29. The highest BCUT2D eigenvalue weighted by molar-refractivity contribution is 5.91. The second-order valence-electron chi connectivity index (χ2n) is 9.58. The Morgan fingerprint density at radius 1 is 1.05 bits per heavy atom. The van der Waals surface area contributed by atoms with Gasteiger partial charge in [-0.2, -0.15) is 0 Å². The zero-order valence-corrected chi connectivity index (χ0v) is 21.1. The Labute approximate surface area is 217 Å². The fourth-order valence-electron chi connectivity index (χ4n) is 5.22. The Morgan fingerprint density at radius 3 is 2.58 bits per heavy atom. The average molecular weight is 514 g/mol. The molecule has 11 nitrogen and oxygen atoms in total. The zero-order valence-electron chi connectivity index (χ0n) is 21.1. The minimum Gasteiger partial charge on any atom is -0.467 e. The van der Waals surface area contributed by atoms with Crippen molar-refractivity contribution in [3.8, 4) is 0 Å². The summed E-state index contributed by atoms with van der Waals surface area (Å²) >= 11 is 0. The monoisotopic (exact) mass is 513 g/mol. The number of amides is 1. The highest BCUT2D eigenvalue weighted by atomic mass is 16.3. The van der Waals surface area contributed by atoms with Crippen molar-refractivity contribution in [2.45, 2.75) is 26.4 Å². The van der Waals surface area contributed by atoms with Crippen LogP contribution < -0.4 is 5.56 Å². The molecule has 1 atom stereocenters. The topological polar surface area (TPSA) is 126 Å². The molecule has 11 heteroatoms. The molecule has 1 aromatic carbocycles. The molecule has 0 spiro atoms. The molecule has 1 fully saturated rings. The van der Waals surface area contributed by atoms with E-state index in [1.807, 2.05) is 32.0 Å². The van der Waals surface area contributed by atoms with Gasteiger partial charge in [-0.1, -0.05) is 11.6 Å². The van der Waals surface area contributed by atoms with Crippen molar-refractivity contribution in [3.63, 3.8) is 0 Å². The molecule has 0 radical (unpaired) electrons. The van der Waals surface area contributed by atoms with E-state index < -0.39 is 6.04 Å². The number of nitrogens with zero attached hydrogens (tertiary/aromatic N) is 6. The number of aryl methyl sites for hydroxylation is 2. The summed E-state index contributed by atoms with van der Waals surface area (Å²) in [5, 5.41) is 13.5. The lowest BCUT2D eigenvalue weighted by Gasteiger charge is -2.38. The Bertz CT molecular complexity index is 1630. The summed E-state index contributed by atoms with van der Waals surface area (Å²) in [5.41, 5.74) is 3.28. The Morgan fingerprint density at radius 2 is 1.84 bits per heavy atom. The molecule has 5 heterocycles. The smallest absolute Gasteiger partial charge is 0.289 e. The molecule has 0 unspecified atom stereocenters. The van der Waals surface area contributed by atoms with Gasteiger partial charge < -0.3 is 18.7 Å². The molecular formula is C27H27N7O4. The number of aromatic amines is 1. The van der Waals surface area contributed by atoms with Crippen LogP contribution in [0.5, 0.6) is 0 Å². The molecule has 6 rings (SSSR count). The third kappa shape index (κ3) is 4.41. The minimum atomic E-state index is -0.533. The second kappa shape index (κ2) is 9.75. The molecule has 0 aliphatic carbocycles. The number of benzene rings is 1. The lowest BCUT2D eigenvalue weighted by atomic mass is 10.00. The molecule has 1 amide bonds. The first kappa shape index (κ1) is 23.9. The fraction of sp³-hybridized carbons (Fsp3) is 0.296. The molecule has 1 saturated heterocycles. The van der Waals surface area contributed by atoms with Crippen LogP contribution >= 0.6 is 0 Å². The SMILES string of the molecule is Cc1cc(C)c2[nH]c(=O)c([C@H](c3nnnn3Cc3ccco3)N3CCN(C(=O)c4ccco4)CC3)cc2c1. The van der Waals surface area contributed by atoms with Crippen molar-refractivity contribution in [2.75, 3.05) is 26.2 Å². The molecular weight excluding hydrogens is 486 g/mol. The van der Waals surface area contributed by atoms with Crippen LogP contribution in [0.1, 0.15) is 44.9 Å². The first-order chi connectivity index (χ1) is 18.5. The van der Waals surface area contributed by atoms with Gasteiger partial charge in [0, 0.05) is 31.7 Å². The fourth-order valence-corrected chi connectivity index (χ4v) is 5.22. The number of tetrazole rings is 1. The van der Waals surface area contributed by atoms with E-state index in [9.17, 15) is 9.59 Å². The van der Waals surface area contributed by atoms with Crippen molar-refractivity contribution in [1.82, 2.24) is 35.0 Å². The molecule has 38 heavy (non-hydrogen) atoms. The molecule has 1 aliphatic heterocycles. The van der Waals surface area contributed by atoms with E-state index in [1.165, 1.54) is 6.26 Å². The quantitative estimate of drug-likeness (QED) is 0.367. The summed E-state index contributed by atoms with van der Waals surface area (Å²) in [6.07, 6.45) is 3.10. The molecule has 0 bridgehead atoms. The van der Waals surface area contributed by atoms with Gasteiger partial charge in [0.05, 0.1) is 18.0 Å². The van der Waals surface area contributed by atoms with Crippen LogP contribution in [0.25, 0.3) is 10.9 Å². The number of piperazine rings is 1. The molecule has 5 aromatic rings.